The number of carbonyl (C=O) groups is 2. The molecule has 0 fully saturated rings. The fraction of sp³-hybridized carbons (Fsp3) is 0.704. The molecule has 7 nitrogen and oxygen atoms in total. The van der Waals surface area contributed by atoms with Gasteiger partial charge in [-0.2, -0.15) is 0 Å². The zero-order chi connectivity index (χ0) is 25.5. The maximum absolute atomic E-state index is 13.2. The van der Waals surface area contributed by atoms with E-state index in [1.807, 2.05) is 53.1 Å². The van der Waals surface area contributed by atoms with Crippen LogP contribution >= 0.6 is 0 Å². The van der Waals surface area contributed by atoms with Crippen LogP contribution in [0.15, 0.2) is 18.5 Å². The summed E-state index contributed by atoms with van der Waals surface area (Å²) in [5, 5.41) is 9.81. The fourth-order valence-electron chi connectivity index (χ4n) is 4.67. The molecule has 1 amide bonds. The first kappa shape index (κ1) is 28.0. The molecule has 34 heavy (non-hydrogen) atoms. The van der Waals surface area contributed by atoms with Crippen molar-refractivity contribution in [3.05, 3.63) is 24.3 Å². The molecule has 2 rings (SSSR count). The lowest BCUT2D eigenvalue weighted by Gasteiger charge is -2.35. The van der Waals surface area contributed by atoms with Crippen LogP contribution in [0.4, 0.5) is 0 Å². The van der Waals surface area contributed by atoms with E-state index in [4.69, 9.17) is 0 Å². The lowest BCUT2D eigenvalue weighted by molar-refractivity contribution is -0.148. The second-order valence-corrected chi connectivity index (χ2v) is 10.7. The van der Waals surface area contributed by atoms with E-state index in [9.17, 15) is 14.7 Å². The Morgan fingerprint density at radius 1 is 1.12 bits per heavy atom. The molecule has 2 aromatic heterocycles. The molecule has 0 aliphatic rings. The number of amides is 1. The summed E-state index contributed by atoms with van der Waals surface area (Å²) in [5.74, 6) is 0.977. The smallest absolute Gasteiger partial charge is 0.228 e. The molecule has 0 spiro atoms. The maximum atomic E-state index is 13.2. The standard InChI is InChI=1S/C27H44N4O3/c1-19(2)17-24(25(33)20(3)32)30(7)26(34)27(5,6)14-11-9-8-10-12-16-31-21(4)29-22-18-28-15-13-23(22)31/h13,15,18-20,24,32H,8-12,14,16-17H2,1-7H3/t20?,24-/m0/s1. The molecule has 2 heterocycles. The Hall–Kier alpha value is -2.28. The third kappa shape index (κ3) is 7.36. The van der Waals surface area contributed by atoms with Crippen LogP contribution in [-0.2, 0) is 16.1 Å². The van der Waals surface area contributed by atoms with Crippen molar-refractivity contribution >= 4 is 22.7 Å². The zero-order valence-corrected chi connectivity index (χ0v) is 22.2. The van der Waals surface area contributed by atoms with Crippen LogP contribution < -0.4 is 0 Å². The van der Waals surface area contributed by atoms with Gasteiger partial charge < -0.3 is 14.6 Å². The van der Waals surface area contributed by atoms with Gasteiger partial charge >= 0.3 is 0 Å². The predicted molar refractivity (Wildman–Crippen MR) is 136 cm³/mol. The normalized spacial score (nSPS) is 13.9. The van der Waals surface area contributed by atoms with Crippen LogP contribution in [0.5, 0.6) is 0 Å². The highest BCUT2D eigenvalue weighted by Crippen LogP contribution is 2.28. The Bertz CT molecular complexity index is 948. The monoisotopic (exact) mass is 472 g/mol. The molecule has 0 aromatic carbocycles. The van der Waals surface area contributed by atoms with Crippen molar-refractivity contribution in [1.29, 1.82) is 0 Å². The zero-order valence-electron chi connectivity index (χ0n) is 22.2. The SMILES string of the molecule is Cc1nc2cnccc2n1CCCCCCCC(C)(C)C(=O)N(C)[C@@H](CC(C)C)C(=O)C(C)O. The van der Waals surface area contributed by atoms with Gasteiger partial charge in [-0.05, 0) is 45.1 Å². The molecule has 0 aliphatic carbocycles. The molecule has 0 saturated carbocycles. The Balaban J connectivity index is 1.78. The average Bonchev–Trinajstić information content (AvgIpc) is 3.10. The number of ketones is 1. The van der Waals surface area contributed by atoms with Crippen LogP contribution in [0.25, 0.3) is 11.0 Å². The number of carbonyl (C=O) groups excluding carboxylic acids is 2. The molecule has 0 saturated heterocycles. The number of aliphatic hydroxyl groups is 1. The van der Waals surface area contributed by atoms with E-state index in [2.05, 4.69) is 14.5 Å². The minimum atomic E-state index is -1.07. The van der Waals surface area contributed by atoms with Gasteiger partial charge in [0.2, 0.25) is 5.91 Å². The first-order valence-electron chi connectivity index (χ1n) is 12.7. The van der Waals surface area contributed by atoms with Crippen LogP contribution in [-0.4, -0.2) is 55.4 Å². The van der Waals surface area contributed by atoms with Gasteiger partial charge in [0.05, 0.1) is 17.8 Å². The molecule has 1 unspecified atom stereocenters. The van der Waals surface area contributed by atoms with Crippen molar-refractivity contribution in [1.82, 2.24) is 19.4 Å². The number of hydrogen-bond donors (Lipinski definition) is 1. The highest BCUT2D eigenvalue weighted by molar-refractivity contribution is 5.92. The van der Waals surface area contributed by atoms with Gasteiger partial charge in [0.25, 0.3) is 0 Å². The highest BCUT2D eigenvalue weighted by Gasteiger charge is 2.36. The average molecular weight is 473 g/mol. The largest absolute Gasteiger partial charge is 0.386 e. The molecule has 0 aliphatic heterocycles. The molecule has 0 radical (unpaired) electrons. The van der Waals surface area contributed by atoms with E-state index in [-0.39, 0.29) is 17.6 Å². The summed E-state index contributed by atoms with van der Waals surface area (Å²) >= 11 is 0. The molecule has 1 N–H and O–H groups in total. The van der Waals surface area contributed by atoms with Gasteiger partial charge in [-0.1, -0.05) is 53.4 Å². The van der Waals surface area contributed by atoms with Gasteiger partial charge in [0.1, 0.15) is 17.4 Å². The number of aromatic nitrogens is 3. The van der Waals surface area contributed by atoms with Crippen molar-refractivity contribution < 1.29 is 14.7 Å². The first-order valence-corrected chi connectivity index (χ1v) is 12.7. The lowest BCUT2D eigenvalue weighted by Crippen LogP contribution is -2.50. The number of unbranched alkanes of at least 4 members (excludes halogenated alkanes) is 4. The van der Waals surface area contributed by atoms with Gasteiger partial charge in [0.15, 0.2) is 5.78 Å². The van der Waals surface area contributed by atoms with Crippen LogP contribution in [0, 0.1) is 18.3 Å². The Morgan fingerprint density at radius 2 is 1.76 bits per heavy atom. The summed E-state index contributed by atoms with van der Waals surface area (Å²) < 4.78 is 2.26. The van der Waals surface area contributed by atoms with Crippen molar-refractivity contribution in [2.24, 2.45) is 11.3 Å². The lowest BCUT2D eigenvalue weighted by atomic mass is 9.84. The summed E-state index contributed by atoms with van der Waals surface area (Å²) in [4.78, 5) is 36.1. The van der Waals surface area contributed by atoms with Gasteiger partial charge in [-0.15, -0.1) is 0 Å². The third-order valence-corrected chi connectivity index (χ3v) is 6.73. The number of nitrogens with zero attached hydrogens (tertiary/aromatic N) is 4. The number of Topliss-reactive ketones (excluding diaryl/α,β-unsaturated/α-hetero) is 1. The molecular formula is C27H44N4O3. The number of aliphatic hydroxyl groups excluding tert-OH is 1. The minimum absolute atomic E-state index is 0.0240. The molecule has 7 heteroatoms. The van der Waals surface area contributed by atoms with Crippen molar-refractivity contribution in [3.63, 3.8) is 0 Å². The second kappa shape index (κ2) is 12.4. The maximum Gasteiger partial charge on any atom is 0.228 e. The van der Waals surface area contributed by atoms with E-state index in [1.165, 1.54) is 6.92 Å². The summed E-state index contributed by atoms with van der Waals surface area (Å²) in [6.07, 6.45) is 9.31. The summed E-state index contributed by atoms with van der Waals surface area (Å²) in [5.41, 5.74) is 1.55. The van der Waals surface area contributed by atoms with Crippen LogP contribution in [0.2, 0.25) is 0 Å². The van der Waals surface area contributed by atoms with Crippen molar-refractivity contribution in [3.8, 4) is 0 Å². The first-order chi connectivity index (χ1) is 16.0. The van der Waals surface area contributed by atoms with Gasteiger partial charge in [-0.25, -0.2) is 4.98 Å². The summed E-state index contributed by atoms with van der Waals surface area (Å²) in [6.45, 7) is 12.5. The number of rotatable bonds is 14. The molecular weight excluding hydrogens is 428 g/mol. The number of pyridine rings is 1. The molecule has 2 aromatic rings. The molecule has 190 valence electrons. The Labute approximate surface area is 205 Å². The number of imidazole rings is 1. The van der Waals surface area contributed by atoms with Crippen molar-refractivity contribution in [2.75, 3.05) is 7.05 Å². The van der Waals surface area contributed by atoms with Gasteiger partial charge in [-0.3, -0.25) is 14.6 Å². The fourth-order valence-corrected chi connectivity index (χ4v) is 4.67. The van der Waals surface area contributed by atoms with Crippen LogP contribution in [0.1, 0.15) is 85.4 Å². The van der Waals surface area contributed by atoms with Crippen molar-refractivity contribution in [2.45, 2.75) is 105 Å². The van der Waals surface area contributed by atoms with E-state index in [1.54, 1.807) is 11.9 Å². The molecule has 0 bridgehead atoms. The number of likely N-dealkylation sites (N-methyl/N-ethyl adjacent to an activating group) is 1. The summed E-state index contributed by atoms with van der Waals surface area (Å²) in [6, 6.07) is 1.44. The topological polar surface area (TPSA) is 88.3 Å². The van der Waals surface area contributed by atoms with Crippen LogP contribution in [0.3, 0.4) is 0 Å². The summed E-state index contributed by atoms with van der Waals surface area (Å²) in [7, 11) is 1.70. The van der Waals surface area contributed by atoms with E-state index in [0.29, 0.717) is 6.42 Å². The number of aryl methyl sites for hydroxylation is 2. The Morgan fingerprint density at radius 3 is 2.41 bits per heavy atom. The minimum Gasteiger partial charge on any atom is -0.386 e. The third-order valence-electron chi connectivity index (χ3n) is 6.73. The predicted octanol–water partition coefficient (Wildman–Crippen LogP) is 4.93. The number of fused-ring (bicyclic) bond motifs is 1. The second-order valence-electron chi connectivity index (χ2n) is 10.7. The number of hydrogen-bond acceptors (Lipinski definition) is 5. The van der Waals surface area contributed by atoms with E-state index < -0.39 is 17.6 Å². The Kier molecular flexibility index (Phi) is 10.2. The van der Waals surface area contributed by atoms with E-state index >= 15 is 0 Å². The quantitative estimate of drug-likeness (QED) is 0.394. The van der Waals surface area contributed by atoms with E-state index in [0.717, 1.165) is 61.9 Å². The highest BCUT2D eigenvalue weighted by atomic mass is 16.3. The molecule has 2 atom stereocenters. The van der Waals surface area contributed by atoms with Gasteiger partial charge in [0, 0.05) is 25.2 Å².